The highest BCUT2D eigenvalue weighted by molar-refractivity contribution is 5.91. The standard InChI is InChI=1S/C17H25NO2/c1-5-7-15-14(17(19)20-6-2)10-13-9-11(3)8-12(4)16(13)18-15/h10-12H,5-9H2,1-4H3. The van der Waals surface area contributed by atoms with Crippen molar-refractivity contribution < 1.29 is 9.53 Å². The number of aromatic nitrogens is 1. The number of esters is 1. The lowest BCUT2D eigenvalue weighted by Gasteiger charge is -2.27. The molecule has 2 atom stereocenters. The van der Waals surface area contributed by atoms with Gasteiger partial charge in [-0.2, -0.15) is 0 Å². The Morgan fingerprint density at radius 1 is 1.40 bits per heavy atom. The Bertz CT molecular complexity index is 496. The lowest BCUT2D eigenvalue weighted by Crippen LogP contribution is -2.20. The highest BCUT2D eigenvalue weighted by Gasteiger charge is 2.26. The van der Waals surface area contributed by atoms with E-state index in [0.717, 1.165) is 25.0 Å². The molecule has 110 valence electrons. The van der Waals surface area contributed by atoms with Crippen molar-refractivity contribution in [2.75, 3.05) is 6.61 Å². The van der Waals surface area contributed by atoms with E-state index in [2.05, 4.69) is 20.8 Å². The third-order valence-electron chi connectivity index (χ3n) is 3.99. The van der Waals surface area contributed by atoms with Gasteiger partial charge in [-0.1, -0.05) is 27.2 Å². The van der Waals surface area contributed by atoms with Crippen molar-refractivity contribution >= 4 is 5.97 Å². The molecule has 2 rings (SSSR count). The number of fused-ring (bicyclic) bond motifs is 1. The van der Waals surface area contributed by atoms with E-state index in [0.29, 0.717) is 24.0 Å². The molecule has 3 heteroatoms. The molecule has 0 bridgehead atoms. The highest BCUT2D eigenvalue weighted by atomic mass is 16.5. The normalized spacial score (nSPS) is 21.4. The van der Waals surface area contributed by atoms with Crippen LogP contribution in [0.2, 0.25) is 0 Å². The van der Waals surface area contributed by atoms with Gasteiger partial charge in [0.05, 0.1) is 17.9 Å². The average Bonchev–Trinajstić information content (AvgIpc) is 2.39. The molecule has 0 saturated carbocycles. The molecule has 0 fully saturated rings. The van der Waals surface area contributed by atoms with Gasteiger partial charge in [-0.25, -0.2) is 4.79 Å². The second kappa shape index (κ2) is 6.38. The highest BCUT2D eigenvalue weighted by Crippen LogP contribution is 2.34. The Balaban J connectivity index is 2.45. The molecule has 3 nitrogen and oxygen atoms in total. The number of rotatable bonds is 4. The Kier molecular flexibility index (Phi) is 4.79. The fraction of sp³-hybridized carbons (Fsp3) is 0.647. The summed E-state index contributed by atoms with van der Waals surface area (Å²) in [7, 11) is 0. The van der Waals surface area contributed by atoms with Crippen LogP contribution in [0, 0.1) is 5.92 Å². The lowest BCUT2D eigenvalue weighted by atomic mass is 9.80. The molecule has 1 aliphatic carbocycles. The maximum atomic E-state index is 12.1. The first kappa shape index (κ1) is 15.0. The first-order chi connectivity index (χ1) is 9.56. The first-order valence-electron chi connectivity index (χ1n) is 7.76. The number of nitrogens with zero attached hydrogens (tertiary/aromatic N) is 1. The van der Waals surface area contributed by atoms with E-state index < -0.39 is 0 Å². The smallest absolute Gasteiger partial charge is 0.339 e. The predicted molar refractivity (Wildman–Crippen MR) is 80.1 cm³/mol. The number of carbonyl (C=O) groups is 1. The van der Waals surface area contributed by atoms with Crippen molar-refractivity contribution in [3.8, 4) is 0 Å². The molecule has 0 saturated heterocycles. The molecule has 0 aromatic carbocycles. The summed E-state index contributed by atoms with van der Waals surface area (Å²) in [5, 5.41) is 0. The predicted octanol–water partition coefficient (Wildman–Crippen LogP) is 3.90. The maximum Gasteiger partial charge on any atom is 0.339 e. The largest absolute Gasteiger partial charge is 0.462 e. The first-order valence-corrected chi connectivity index (χ1v) is 7.76. The third kappa shape index (κ3) is 3.02. The molecule has 0 spiro atoms. The van der Waals surface area contributed by atoms with Gasteiger partial charge in [-0.15, -0.1) is 0 Å². The Hall–Kier alpha value is -1.38. The molecule has 1 aliphatic rings. The number of carbonyl (C=O) groups excluding carboxylic acids is 1. The minimum absolute atomic E-state index is 0.225. The van der Waals surface area contributed by atoms with Gasteiger partial charge >= 0.3 is 5.97 Å². The zero-order chi connectivity index (χ0) is 14.7. The summed E-state index contributed by atoms with van der Waals surface area (Å²) in [6, 6.07) is 2.04. The van der Waals surface area contributed by atoms with E-state index in [1.807, 2.05) is 13.0 Å². The lowest BCUT2D eigenvalue weighted by molar-refractivity contribution is 0.0524. The van der Waals surface area contributed by atoms with Crippen LogP contribution in [-0.4, -0.2) is 17.6 Å². The molecular weight excluding hydrogens is 250 g/mol. The molecule has 0 N–H and O–H groups in total. The number of aryl methyl sites for hydroxylation is 1. The second-order valence-corrected chi connectivity index (χ2v) is 5.94. The Labute approximate surface area is 121 Å². The summed E-state index contributed by atoms with van der Waals surface area (Å²) in [6.07, 6.45) is 4.03. The minimum atomic E-state index is -0.225. The number of hydrogen-bond acceptors (Lipinski definition) is 3. The molecule has 0 aliphatic heterocycles. The average molecular weight is 275 g/mol. The summed E-state index contributed by atoms with van der Waals surface area (Å²) in [5.74, 6) is 0.920. The topological polar surface area (TPSA) is 39.2 Å². The van der Waals surface area contributed by atoms with E-state index in [9.17, 15) is 4.79 Å². The summed E-state index contributed by atoms with van der Waals surface area (Å²) >= 11 is 0. The van der Waals surface area contributed by atoms with Gasteiger partial charge in [0, 0.05) is 5.69 Å². The fourth-order valence-electron chi connectivity index (χ4n) is 3.19. The maximum absolute atomic E-state index is 12.1. The monoisotopic (exact) mass is 275 g/mol. The third-order valence-corrected chi connectivity index (χ3v) is 3.99. The van der Waals surface area contributed by atoms with Crippen LogP contribution in [0.15, 0.2) is 6.07 Å². The summed E-state index contributed by atoms with van der Waals surface area (Å²) in [4.78, 5) is 16.9. The summed E-state index contributed by atoms with van der Waals surface area (Å²) in [6.45, 7) is 8.87. The van der Waals surface area contributed by atoms with E-state index in [4.69, 9.17) is 9.72 Å². The van der Waals surface area contributed by atoms with Crippen molar-refractivity contribution in [3.63, 3.8) is 0 Å². The zero-order valence-corrected chi connectivity index (χ0v) is 13.0. The van der Waals surface area contributed by atoms with E-state index >= 15 is 0 Å². The number of hydrogen-bond donors (Lipinski definition) is 0. The molecule has 2 unspecified atom stereocenters. The minimum Gasteiger partial charge on any atom is -0.462 e. The van der Waals surface area contributed by atoms with Crippen LogP contribution in [0.4, 0.5) is 0 Å². The van der Waals surface area contributed by atoms with Crippen molar-refractivity contribution in [1.29, 1.82) is 0 Å². The molecule has 1 aromatic heterocycles. The SMILES string of the molecule is CCCc1nc2c(cc1C(=O)OCC)CC(C)CC2C. The molecular formula is C17H25NO2. The van der Waals surface area contributed by atoms with Crippen molar-refractivity contribution in [2.45, 2.75) is 59.3 Å². The Morgan fingerprint density at radius 2 is 2.15 bits per heavy atom. The molecule has 1 aromatic rings. The van der Waals surface area contributed by atoms with Gasteiger partial charge in [0.2, 0.25) is 0 Å². The number of ether oxygens (including phenoxy) is 1. The van der Waals surface area contributed by atoms with E-state index in [-0.39, 0.29) is 5.97 Å². The van der Waals surface area contributed by atoms with Crippen LogP contribution >= 0.6 is 0 Å². The quantitative estimate of drug-likeness (QED) is 0.782. The van der Waals surface area contributed by atoms with Crippen LogP contribution < -0.4 is 0 Å². The van der Waals surface area contributed by atoms with Crippen molar-refractivity contribution in [3.05, 3.63) is 28.6 Å². The summed E-state index contributed by atoms with van der Waals surface area (Å²) < 4.78 is 5.18. The van der Waals surface area contributed by atoms with Crippen LogP contribution in [0.25, 0.3) is 0 Å². The van der Waals surface area contributed by atoms with E-state index in [1.54, 1.807) is 0 Å². The molecule has 20 heavy (non-hydrogen) atoms. The van der Waals surface area contributed by atoms with Crippen LogP contribution in [-0.2, 0) is 17.6 Å². The molecule has 0 amide bonds. The van der Waals surface area contributed by atoms with E-state index in [1.165, 1.54) is 17.7 Å². The summed E-state index contributed by atoms with van der Waals surface area (Å²) in [5.41, 5.74) is 4.01. The van der Waals surface area contributed by atoms with Gasteiger partial charge in [0.15, 0.2) is 0 Å². The van der Waals surface area contributed by atoms with Crippen LogP contribution in [0.3, 0.4) is 0 Å². The van der Waals surface area contributed by atoms with Gasteiger partial charge in [0.1, 0.15) is 0 Å². The van der Waals surface area contributed by atoms with Gasteiger partial charge in [0.25, 0.3) is 0 Å². The molecule has 1 heterocycles. The van der Waals surface area contributed by atoms with Crippen molar-refractivity contribution in [2.24, 2.45) is 5.92 Å². The second-order valence-electron chi connectivity index (χ2n) is 5.94. The number of pyridine rings is 1. The zero-order valence-electron chi connectivity index (χ0n) is 13.0. The molecule has 0 radical (unpaired) electrons. The van der Waals surface area contributed by atoms with Crippen LogP contribution in [0.1, 0.15) is 73.8 Å². The Morgan fingerprint density at radius 3 is 2.80 bits per heavy atom. The van der Waals surface area contributed by atoms with Gasteiger partial charge < -0.3 is 4.74 Å². The van der Waals surface area contributed by atoms with Crippen molar-refractivity contribution in [1.82, 2.24) is 4.98 Å². The fourth-order valence-corrected chi connectivity index (χ4v) is 3.19. The van der Waals surface area contributed by atoms with Gasteiger partial charge in [-0.05, 0) is 49.7 Å². The van der Waals surface area contributed by atoms with Gasteiger partial charge in [-0.3, -0.25) is 4.98 Å². The van der Waals surface area contributed by atoms with Crippen LogP contribution in [0.5, 0.6) is 0 Å².